The number of nitrogens with zero attached hydrogens (tertiary/aromatic N) is 1. The van der Waals surface area contributed by atoms with Crippen molar-refractivity contribution in [2.24, 2.45) is 0 Å². The summed E-state index contributed by atoms with van der Waals surface area (Å²) in [5.41, 5.74) is 2.18. The second-order valence-corrected chi connectivity index (χ2v) is 5.83. The zero-order valence-corrected chi connectivity index (χ0v) is 13.6. The molecule has 0 bridgehead atoms. The summed E-state index contributed by atoms with van der Waals surface area (Å²) in [6.07, 6.45) is 0. The number of ether oxygens (including phenoxy) is 2. The van der Waals surface area contributed by atoms with E-state index in [1.807, 2.05) is 32.9 Å². The highest BCUT2D eigenvalue weighted by Gasteiger charge is 2.26. The number of carbonyl (C=O) groups is 2. The van der Waals surface area contributed by atoms with Crippen LogP contribution in [-0.2, 0) is 9.53 Å². The van der Waals surface area contributed by atoms with Gasteiger partial charge in [-0.25, -0.2) is 0 Å². The second-order valence-electron chi connectivity index (χ2n) is 5.83. The van der Waals surface area contributed by atoms with Crippen molar-refractivity contribution in [3.05, 3.63) is 28.8 Å². The van der Waals surface area contributed by atoms with Crippen LogP contribution in [0.25, 0.3) is 0 Å². The van der Waals surface area contributed by atoms with Crippen LogP contribution in [0.2, 0.25) is 0 Å². The van der Waals surface area contributed by atoms with E-state index in [2.05, 4.69) is 0 Å². The molecule has 0 N–H and O–H groups in total. The van der Waals surface area contributed by atoms with Gasteiger partial charge in [0, 0.05) is 20.0 Å². The number of hydrogen-bond acceptors (Lipinski definition) is 4. The van der Waals surface area contributed by atoms with Crippen molar-refractivity contribution in [1.29, 1.82) is 0 Å². The fourth-order valence-corrected chi connectivity index (χ4v) is 2.60. The van der Waals surface area contributed by atoms with Crippen LogP contribution < -0.4 is 4.74 Å². The van der Waals surface area contributed by atoms with Gasteiger partial charge in [-0.2, -0.15) is 0 Å². The van der Waals surface area contributed by atoms with Crippen molar-refractivity contribution >= 4 is 11.9 Å². The van der Waals surface area contributed by atoms with Gasteiger partial charge >= 0.3 is 5.97 Å². The number of morpholine rings is 1. The quantitative estimate of drug-likeness (QED) is 0.636. The van der Waals surface area contributed by atoms with Gasteiger partial charge in [-0.3, -0.25) is 9.59 Å². The Morgan fingerprint density at radius 3 is 2.41 bits per heavy atom. The standard InChI is InChI=1S/C17H23NO4/c1-11(2)14-6-5-12(3)15(16(14)22-13(4)19)17(20)18-7-9-21-10-8-18/h5-6,11H,7-10H2,1-4H3. The molecule has 1 aliphatic rings. The minimum absolute atomic E-state index is 0.0976. The lowest BCUT2D eigenvalue weighted by molar-refractivity contribution is -0.131. The normalized spacial score (nSPS) is 15.0. The van der Waals surface area contributed by atoms with Crippen molar-refractivity contribution in [2.75, 3.05) is 26.3 Å². The zero-order valence-electron chi connectivity index (χ0n) is 13.6. The average Bonchev–Trinajstić information content (AvgIpc) is 2.47. The predicted molar refractivity (Wildman–Crippen MR) is 83.3 cm³/mol. The Kier molecular flexibility index (Phi) is 5.19. The number of benzene rings is 1. The fraction of sp³-hybridized carbons (Fsp3) is 0.529. The fourth-order valence-electron chi connectivity index (χ4n) is 2.60. The van der Waals surface area contributed by atoms with Gasteiger partial charge < -0.3 is 14.4 Å². The van der Waals surface area contributed by atoms with Crippen LogP contribution in [0.4, 0.5) is 0 Å². The third-order valence-electron chi connectivity index (χ3n) is 3.78. The van der Waals surface area contributed by atoms with Gasteiger partial charge in [-0.05, 0) is 24.0 Å². The molecule has 5 heteroatoms. The van der Waals surface area contributed by atoms with Crippen molar-refractivity contribution in [3.63, 3.8) is 0 Å². The Morgan fingerprint density at radius 2 is 1.86 bits per heavy atom. The van der Waals surface area contributed by atoms with Crippen LogP contribution in [0.1, 0.15) is 48.2 Å². The molecule has 1 aromatic carbocycles. The summed E-state index contributed by atoms with van der Waals surface area (Å²) < 4.78 is 10.7. The Hall–Kier alpha value is -1.88. The van der Waals surface area contributed by atoms with Gasteiger partial charge in [0.25, 0.3) is 5.91 Å². The van der Waals surface area contributed by atoms with E-state index in [0.29, 0.717) is 37.6 Å². The average molecular weight is 305 g/mol. The van der Waals surface area contributed by atoms with Gasteiger partial charge in [-0.1, -0.05) is 26.0 Å². The zero-order chi connectivity index (χ0) is 16.3. The van der Waals surface area contributed by atoms with Crippen LogP contribution in [0.5, 0.6) is 5.75 Å². The van der Waals surface area contributed by atoms with E-state index < -0.39 is 5.97 Å². The largest absolute Gasteiger partial charge is 0.426 e. The summed E-state index contributed by atoms with van der Waals surface area (Å²) in [5.74, 6) is 0.0493. The first-order chi connectivity index (χ1) is 10.4. The monoisotopic (exact) mass is 305 g/mol. The molecular weight excluding hydrogens is 282 g/mol. The molecule has 1 aromatic rings. The highest BCUT2D eigenvalue weighted by atomic mass is 16.5. The molecule has 1 amide bonds. The summed E-state index contributed by atoms with van der Waals surface area (Å²) in [7, 11) is 0. The number of rotatable bonds is 3. The van der Waals surface area contributed by atoms with E-state index in [0.717, 1.165) is 11.1 Å². The minimum Gasteiger partial charge on any atom is -0.426 e. The third-order valence-corrected chi connectivity index (χ3v) is 3.78. The van der Waals surface area contributed by atoms with Gasteiger partial charge in [0.1, 0.15) is 5.75 Å². The first-order valence-corrected chi connectivity index (χ1v) is 7.60. The summed E-state index contributed by atoms with van der Waals surface area (Å²) in [6.45, 7) is 9.45. The summed E-state index contributed by atoms with van der Waals surface area (Å²) in [6, 6.07) is 3.84. The third kappa shape index (κ3) is 3.47. The molecule has 1 saturated heterocycles. The smallest absolute Gasteiger partial charge is 0.308 e. The van der Waals surface area contributed by atoms with Gasteiger partial charge in [-0.15, -0.1) is 0 Å². The van der Waals surface area contributed by atoms with Crippen molar-refractivity contribution in [1.82, 2.24) is 4.90 Å². The summed E-state index contributed by atoms with van der Waals surface area (Å²) >= 11 is 0. The van der Waals surface area contributed by atoms with Crippen LogP contribution in [0.3, 0.4) is 0 Å². The Bertz CT molecular complexity index is 574. The molecule has 1 fully saturated rings. The lowest BCUT2D eigenvalue weighted by atomic mass is 9.95. The molecule has 0 spiro atoms. The van der Waals surface area contributed by atoms with Crippen molar-refractivity contribution in [2.45, 2.75) is 33.6 Å². The molecule has 0 atom stereocenters. The number of hydrogen-bond donors (Lipinski definition) is 0. The molecule has 0 aromatic heterocycles. The summed E-state index contributed by atoms with van der Waals surface area (Å²) in [5, 5.41) is 0. The Labute approximate surface area is 131 Å². The lowest BCUT2D eigenvalue weighted by Gasteiger charge is -2.28. The second kappa shape index (κ2) is 6.92. The molecule has 0 aliphatic carbocycles. The van der Waals surface area contributed by atoms with Gasteiger partial charge in [0.15, 0.2) is 0 Å². The molecule has 1 aliphatic heterocycles. The minimum atomic E-state index is -0.413. The lowest BCUT2D eigenvalue weighted by Crippen LogP contribution is -2.41. The van der Waals surface area contributed by atoms with E-state index in [1.165, 1.54) is 6.92 Å². The van der Waals surface area contributed by atoms with Crippen LogP contribution in [0.15, 0.2) is 12.1 Å². The molecule has 22 heavy (non-hydrogen) atoms. The predicted octanol–water partition coefficient (Wildman–Crippen LogP) is 2.52. The van der Waals surface area contributed by atoms with E-state index in [4.69, 9.17) is 9.47 Å². The maximum Gasteiger partial charge on any atom is 0.308 e. The number of esters is 1. The summed E-state index contributed by atoms with van der Waals surface area (Å²) in [4.78, 5) is 26.1. The van der Waals surface area contributed by atoms with Crippen LogP contribution in [-0.4, -0.2) is 43.1 Å². The molecule has 5 nitrogen and oxygen atoms in total. The Balaban J connectivity index is 2.49. The van der Waals surface area contributed by atoms with E-state index in [1.54, 1.807) is 4.90 Å². The van der Waals surface area contributed by atoms with Crippen LogP contribution in [0, 0.1) is 6.92 Å². The molecule has 0 radical (unpaired) electrons. The van der Waals surface area contributed by atoms with Gasteiger partial charge in [0.05, 0.1) is 18.8 Å². The highest BCUT2D eigenvalue weighted by Crippen LogP contribution is 2.33. The number of aryl methyl sites for hydroxylation is 1. The SMILES string of the molecule is CC(=O)Oc1c(C(C)C)ccc(C)c1C(=O)N1CCOCC1. The molecule has 120 valence electrons. The first kappa shape index (κ1) is 16.5. The van der Waals surface area contributed by atoms with E-state index >= 15 is 0 Å². The molecular formula is C17H23NO4. The first-order valence-electron chi connectivity index (χ1n) is 7.60. The topological polar surface area (TPSA) is 55.8 Å². The molecule has 0 unspecified atom stereocenters. The Morgan fingerprint density at radius 1 is 1.23 bits per heavy atom. The molecule has 0 saturated carbocycles. The number of carbonyl (C=O) groups excluding carboxylic acids is 2. The molecule has 2 rings (SSSR count). The van der Waals surface area contributed by atoms with E-state index in [9.17, 15) is 9.59 Å². The van der Waals surface area contributed by atoms with Crippen molar-refractivity contribution < 1.29 is 19.1 Å². The highest BCUT2D eigenvalue weighted by molar-refractivity contribution is 5.99. The molecule has 1 heterocycles. The maximum absolute atomic E-state index is 12.9. The van der Waals surface area contributed by atoms with Crippen LogP contribution >= 0.6 is 0 Å². The van der Waals surface area contributed by atoms with Crippen molar-refractivity contribution in [3.8, 4) is 5.75 Å². The van der Waals surface area contributed by atoms with Gasteiger partial charge in [0.2, 0.25) is 0 Å². The number of amides is 1. The maximum atomic E-state index is 12.9. The van der Waals surface area contributed by atoms with E-state index in [-0.39, 0.29) is 11.8 Å².